The summed E-state index contributed by atoms with van der Waals surface area (Å²) in [6.07, 6.45) is 4.83. The first kappa shape index (κ1) is 18.1. The standard InChI is InChI=1S/C19H23N5O2S/c1-2-24-18(26)23(13-15-5-3-4-8-20-15)17(25)19(24)6-10-22(11-7-19)14-16-21-9-12-27-16/h3-5,8-9,12H,2,6-7,10-11,13-14H2,1H3. The van der Waals surface area contributed by atoms with Gasteiger partial charge >= 0.3 is 6.03 Å². The third-order valence-electron chi connectivity index (χ3n) is 5.51. The highest BCUT2D eigenvalue weighted by atomic mass is 32.1. The summed E-state index contributed by atoms with van der Waals surface area (Å²) in [6.45, 7) is 5.09. The smallest absolute Gasteiger partial charge is 0.310 e. The monoisotopic (exact) mass is 385 g/mol. The van der Waals surface area contributed by atoms with E-state index in [2.05, 4.69) is 14.9 Å². The quantitative estimate of drug-likeness (QED) is 0.739. The maximum absolute atomic E-state index is 13.3. The van der Waals surface area contributed by atoms with Crippen molar-refractivity contribution in [3.05, 3.63) is 46.7 Å². The van der Waals surface area contributed by atoms with Crippen molar-refractivity contribution in [2.75, 3.05) is 19.6 Å². The van der Waals surface area contributed by atoms with Gasteiger partial charge in [0.15, 0.2) is 0 Å². The molecule has 2 aromatic rings. The van der Waals surface area contributed by atoms with Gasteiger partial charge in [-0.05, 0) is 31.9 Å². The van der Waals surface area contributed by atoms with Crippen LogP contribution in [0.5, 0.6) is 0 Å². The highest BCUT2D eigenvalue weighted by Crippen LogP contribution is 2.38. The maximum atomic E-state index is 13.3. The molecule has 8 heteroatoms. The van der Waals surface area contributed by atoms with E-state index >= 15 is 0 Å². The number of carbonyl (C=O) groups excluding carboxylic acids is 2. The fourth-order valence-corrected chi connectivity index (χ4v) is 4.76. The molecular weight excluding hydrogens is 362 g/mol. The number of rotatable bonds is 5. The summed E-state index contributed by atoms with van der Waals surface area (Å²) in [5.41, 5.74) is 0.0218. The van der Waals surface area contributed by atoms with E-state index in [-0.39, 0.29) is 18.5 Å². The summed E-state index contributed by atoms with van der Waals surface area (Å²) in [4.78, 5) is 40.3. The number of aromatic nitrogens is 2. The molecule has 3 amide bonds. The molecule has 0 aromatic carbocycles. The summed E-state index contributed by atoms with van der Waals surface area (Å²) in [5, 5.41) is 3.07. The zero-order valence-electron chi connectivity index (χ0n) is 15.4. The molecule has 2 aromatic heterocycles. The van der Waals surface area contributed by atoms with Crippen LogP contribution in [-0.2, 0) is 17.9 Å². The molecule has 0 bridgehead atoms. The zero-order chi connectivity index (χ0) is 18.9. The minimum absolute atomic E-state index is 0.0751. The normalized spacial score (nSPS) is 20.0. The molecule has 2 aliphatic rings. The largest absolute Gasteiger partial charge is 0.328 e. The van der Waals surface area contributed by atoms with Gasteiger partial charge in [-0.25, -0.2) is 9.78 Å². The molecule has 2 saturated heterocycles. The van der Waals surface area contributed by atoms with Crippen LogP contribution in [0, 0.1) is 0 Å². The number of imide groups is 1. The van der Waals surface area contributed by atoms with Crippen LogP contribution >= 0.6 is 11.3 Å². The number of hydrogen-bond donors (Lipinski definition) is 0. The first-order chi connectivity index (χ1) is 13.1. The molecular formula is C19H23N5O2S. The molecule has 0 radical (unpaired) electrons. The van der Waals surface area contributed by atoms with Gasteiger partial charge in [-0.1, -0.05) is 6.07 Å². The second kappa shape index (κ2) is 7.36. The van der Waals surface area contributed by atoms with Crippen molar-refractivity contribution in [1.82, 2.24) is 24.7 Å². The fraction of sp³-hybridized carbons (Fsp3) is 0.474. The van der Waals surface area contributed by atoms with Crippen molar-refractivity contribution in [3.63, 3.8) is 0 Å². The van der Waals surface area contributed by atoms with Gasteiger partial charge in [0.05, 0.1) is 18.8 Å². The van der Waals surface area contributed by atoms with Gasteiger partial charge in [-0.3, -0.25) is 19.6 Å². The van der Waals surface area contributed by atoms with E-state index in [0.29, 0.717) is 19.4 Å². The number of hydrogen-bond acceptors (Lipinski definition) is 6. The van der Waals surface area contributed by atoms with Crippen molar-refractivity contribution in [2.45, 2.75) is 38.4 Å². The Morgan fingerprint density at radius 2 is 1.93 bits per heavy atom. The van der Waals surface area contributed by atoms with E-state index in [1.165, 1.54) is 4.90 Å². The Bertz CT molecular complexity index is 803. The highest BCUT2D eigenvalue weighted by molar-refractivity contribution is 7.09. The Balaban J connectivity index is 1.50. The zero-order valence-corrected chi connectivity index (χ0v) is 16.2. The molecule has 0 unspecified atom stereocenters. The van der Waals surface area contributed by atoms with Crippen molar-refractivity contribution in [3.8, 4) is 0 Å². The number of piperidine rings is 1. The average Bonchev–Trinajstić information content (AvgIpc) is 3.26. The van der Waals surface area contributed by atoms with Crippen LogP contribution in [-0.4, -0.2) is 61.8 Å². The SMILES string of the molecule is CCN1C(=O)N(Cc2ccccn2)C(=O)C12CCN(Cc1nccs1)CC2. The van der Waals surface area contributed by atoms with E-state index in [0.717, 1.165) is 30.3 Å². The van der Waals surface area contributed by atoms with Gasteiger partial charge in [0, 0.05) is 37.4 Å². The number of pyridine rings is 1. The Morgan fingerprint density at radius 1 is 1.11 bits per heavy atom. The number of likely N-dealkylation sites (tertiary alicyclic amines) is 1. The summed E-state index contributed by atoms with van der Waals surface area (Å²) in [7, 11) is 0. The van der Waals surface area contributed by atoms with Crippen LogP contribution in [0.25, 0.3) is 0 Å². The molecule has 4 rings (SSSR count). The van der Waals surface area contributed by atoms with E-state index in [4.69, 9.17) is 0 Å². The number of amides is 3. The molecule has 1 spiro atoms. The van der Waals surface area contributed by atoms with Gasteiger partial charge < -0.3 is 4.90 Å². The van der Waals surface area contributed by atoms with Crippen LogP contribution in [0.15, 0.2) is 36.0 Å². The van der Waals surface area contributed by atoms with E-state index in [1.807, 2.05) is 36.7 Å². The van der Waals surface area contributed by atoms with Crippen LogP contribution in [0.1, 0.15) is 30.5 Å². The maximum Gasteiger partial charge on any atom is 0.328 e. The molecule has 27 heavy (non-hydrogen) atoms. The van der Waals surface area contributed by atoms with Gasteiger partial charge in [-0.2, -0.15) is 0 Å². The Morgan fingerprint density at radius 3 is 2.56 bits per heavy atom. The van der Waals surface area contributed by atoms with Crippen molar-refractivity contribution < 1.29 is 9.59 Å². The second-order valence-corrected chi connectivity index (χ2v) is 7.95. The molecule has 0 aliphatic carbocycles. The van der Waals surface area contributed by atoms with Crippen molar-refractivity contribution in [1.29, 1.82) is 0 Å². The van der Waals surface area contributed by atoms with Crippen molar-refractivity contribution >= 4 is 23.3 Å². The molecule has 2 aliphatic heterocycles. The average molecular weight is 385 g/mol. The molecule has 0 N–H and O–H groups in total. The van der Waals surface area contributed by atoms with Crippen LogP contribution in [0.4, 0.5) is 4.79 Å². The molecule has 0 atom stereocenters. The summed E-state index contributed by atoms with van der Waals surface area (Å²) in [5.74, 6) is -0.0751. The van der Waals surface area contributed by atoms with Gasteiger partial charge in [0.25, 0.3) is 5.91 Å². The minimum Gasteiger partial charge on any atom is -0.310 e. The Hall–Kier alpha value is -2.32. The predicted molar refractivity (Wildman–Crippen MR) is 102 cm³/mol. The summed E-state index contributed by atoms with van der Waals surface area (Å²) >= 11 is 1.65. The number of likely N-dealkylation sites (N-methyl/N-ethyl adjacent to an activating group) is 1. The topological polar surface area (TPSA) is 69.6 Å². The third kappa shape index (κ3) is 3.23. The fourth-order valence-electron chi connectivity index (χ4n) is 4.10. The van der Waals surface area contributed by atoms with E-state index < -0.39 is 5.54 Å². The van der Waals surface area contributed by atoms with Crippen LogP contribution in [0.2, 0.25) is 0 Å². The van der Waals surface area contributed by atoms with Gasteiger partial charge in [0.2, 0.25) is 0 Å². The predicted octanol–water partition coefficient (Wildman–Crippen LogP) is 2.36. The second-order valence-electron chi connectivity index (χ2n) is 6.97. The highest BCUT2D eigenvalue weighted by Gasteiger charge is 2.57. The molecule has 4 heterocycles. The molecule has 142 valence electrons. The van der Waals surface area contributed by atoms with Gasteiger partial charge in [-0.15, -0.1) is 11.3 Å². The lowest BCUT2D eigenvalue weighted by Gasteiger charge is -2.41. The molecule has 0 saturated carbocycles. The van der Waals surface area contributed by atoms with Crippen LogP contribution in [0.3, 0.4) is 0 Å². The molecule has 2 fully saturated rings. The lowest BCUT2D eigenvalue weighted by atomic mass is 9.86. The first-order valence-electron chi connectivity index (χ1n) is 9.28. The first-order valence-corrected chi connectivity index (χ1v) is 10.2. The molecule has 7 nitrogen and oxygen atoms in total. The van der Waals surface area contributed by atoms with Gasteiger partial charge in [0.1, 0.15) is 10.5 Å². The summed E-state index contributed by atoms with van der Waals surface area (Å²) in [6, 6.07) is 5.35. The lowest BCUT2D eigenvalue weighted by Crippen LogP contribution is -2.56. The Labute approximate surface area is 162 Å². The Kier molecular flexibility index (Phi) is 4.92. The third-order valence-corrected chi connectivity index (χ3v) is 6.27. The lowest BCUT2D eigenvalue weighted by molar-refractivity contribution is -0.136. The number of nitrogens with zero attached hydrogens (tertiary/aromatic N) is 5. The minimum atomic E-state index is -0.708. The number of carbonyl (C=O) groups is 2. The van der Waals surface area contributed by atoms with E-state index in [1.54, 1.807) is 22.4 Å². The number of urea groups is 1. The van der Waals surface area contributed by atoms with Crippen molar-refractivity contribution in [2.24, 2.45) is 0 Å². The van der Waals surface area contributed by atoms with E-state index in [9.17, 15) is 9.59 Å². The van der Waals surface area contributed by atoms with Crippen LogP contribution < -0.4 is 0 Å². The summed E-state index contributed by atoms with van der Waals surface area (Å²) < 4.78 is 0. The number of thiazole rings is 1.